The lowest BCUT2D eigenvalue weighted by Crippen LogP contribution is -2.40. The number of hydrogen-bond acceptors (Lipinski definition) is 1. The first kappa shape index (κ1) is 16.6. The molecule has 1 rings (SSSR count). The van der Waals surface area contributed by atoms with Crippen LogP contribution in [0.3, 0.4) is 0 Å². The van der Waals surface area contributed by atoms with Gasteiger partial charge in [0.1, 0.15) is 0 Å². The average Bonchev–Trinajstić information content (AvgIpc) is 2.51. The van der Waals surface area contributed by atoms with Gasteiger partial charge in [-0.05, 0) is 48.9 Å². The third-order valence-corrected chi connectivity index (χ3v) is 9.24. The van der Waals surface area contributed by atoms with Crippen LogP contribution in [0.2, 0.25) is 18.1 Å². The van der Waals surface area contributed by atoms with Gasteiger partial charge in [-0.2, -0.15) is 0 Å². The van der Waals surface area contributed by atoms with Crippen molar-refractivity contribution < 1.29 is 4.43 Å². The van der Waals surface area contributed by atoms with E-state index in [4.69, 9.17) is 4.43 Å². The molecule has 0 amide bonds. The summed E-state index contributed by atoms with van der Waals surface area (Å²) in [5.41, 5.74) is 0. The quantitative estimate of drug-likeness (QED) is 0.460. The van der Waals surface area contributed by atoms with Gasteiger partial charge >= 0.3 is 0 Å². The molecule has 110 valence electrons. The van der Waals surface area contributed by atoms with Gasteiger partial charge in [0, 0.05) is 6.42 Å². The van der Waals surface area contributed by atoms with Gasteiger partial charge in [-0.15, -0.1) is 6.58 Å². The average molecular weight is 281 g/mol. The summed E-state index contributed by atoms with van der Waals surface area (Å²) in [5.74, 6) is 2.42. The molecule has 0 aromatic heterocycles. The Morgan fingerprint density at radius 3 is 2.53 bits per heavy atom. The fourth-order valence-electron chi connectivity index (χ4n) is 2.24. The number of rotatable bonds is 4. The highest BCUT2D eigenvalue weighted by Gasteiger charge is 2.39. The molecule has 0 aromatic carbocycles. The van der Waals surface area contributed by atoms with Gasteiger partial charge in [-0.25, -0.2) is 0 Å². The third kappa shape index (κ3) is 4.52. The molecule has 0 fully saturated rings. The zero-order valence-corrected chi connectivity index (χ0v) is 14.8. The predicted octanol–water partition coefficient (Wildman–Crippen LogP) is 5.90. The first-order valence-electron chi connectivity index (χ1n) is 7.69. The van der Waals surface area contributed by atoms with Gasteiger partial charge in [-0.3, -0.25) is 0 Å². The van der Waals surface area contributed by atoms with E-state index in [1.165, 1.54) is 25.0 Å². The Morgan fingerprint density at radius 1 is 1.37 bits per heavy atom. The van der Waals surface area contributed by atoms with Crippen molar-refractivity contribution in [3.8, 4) is 0 Å². The summed E-state index contributed by atoms with van der Waals surface area (Å²) >= 11 is 0. The van der Waals surface area contributed by atoms with Gasteiger partial charge in [0.05, 0.1) is 5.76 Å². The van der Waals surface area contributed by atoms with E-state index < -0.39 is 8.32 Å². The zero-order chi connectivity index (χ0) is 14.7. The van der Waals surface area contributed by atoms with Crippen LogP contribution in [0.5, 0.6) is 0 Å². The molecule has 2 atom stereocenters. The Bertz CT molecular complexity index is 336. The Balaban J connectivity index is 2.85. The molecule has 0 heterocycles. The van der Waals surface area contributed by atoms with E-state index in [0.717, 1.165) is 6.42 Å². The molecule has 0 aromatic rings. The normalized spacial score (nSPS) is 23.3. The Labute approximate surface area is 121 Å². The predicted molar refractivity (Wildman–Crippen MR) is 87.7 cm³/mol. The van der Waals surface area contributed by atoms with Crippen molar-refractivity contribution in [2.45, 2.75) is 71.5 Å². The Hall–Kier alpha value is -0.503. The molecule has 19 heavy (non-hydrogen) atoms. The minimum Gasteiger partial charge on any atom is -0.547 e. The minimum atomic E-state index is -1.68. The second kappa shape index (κ2) is 6.30. The van der Waals surface area contributed by atoms with Crippen LogP contribution in [0.4, 0.5) is 0 Å². The van der Waals surface area contributed by atoms with Crippen molar-refractivity contribution in [3.63, 3.8) is 0 Å². The van der Waals surface area contributed by atoms with Crippen LogP contribution >= 0.6 is 0 Å². The number of allylic oxidation sites excluding steroid dienone is 3. The molecule has 1 nitrogen and oxygen atoms in total. The van der Waals surface area contributed by atoms with Crippen LogP contribution in [0.25, 0.3) is 0 Å². The van der Waals surface area contributed by atoms with Crippen LogP contribution in [-0.2, 0) is 4.43 Å². The molecule has 0 bridgehead atoms. The molecule has 0 radical (unpaired) electrons. The molecule has 0 spiro atoms. The molecule has 0 saturated carbocycles. The minimum absolute atomic E-state index is 0.277. The van der Waals surface area contributed by atoms with Gasteiger partial charge in [0.2, 0.25) is 8.32 Å². The first-order valence-corrected chi connectivity index (χ1v) is 10.6. The SMILES string of the molecule is C=CC(C)C1C=C(O[Si](C)(C)C(C)(C)C)CCCC1. The molecule has 0 saturated heterocycles. The smallest absolute Gasteiger partial charge is 0.250 e. The Kier molecular flexibility index (Phi) is 5.49. The van der Waals surface area contributed by atoms with E-state index in [-0.39, 0.29) is 5.04 Å². The summed E-state index contributed by atoms with van der Waals surface area (Å²) in [4.78, 5) is 0. The van der Waals surface area contributed by atoms with Crippen molar-refractivity contribution in [3.05, 3.63) is 24.5 Å². The summed E-state index contributed by atoms with van der Waals surface area (Å²) in [6.45, 7) is 17.8. The van der Waals surface area contributed by atoms with Gasteiger partial charge in [-0.1, -0.05) is 40.2 Å². The molecule has 0 N–H and O–H groups in total. The van der Waals surface area contributed by atoms with E-state index in [1.807, 2.05) is 0 Å². The summed E-state index contributed by atoms with van der Waals surface area (Å²) in [7, 11) is -1.68. The van der Waals surface area contributed by atoms with Crippen LogP contribution in [0.15, 0.2) is 24.5 Å². The highest BCUT2D eigenvalue weighted by Crippen LogP contribution is 2.39. The lowest BCUT2D eigenvalue weighted by molar-refractivity contribution is 0.361. The summed E-state index contributed by atoms with van der Waals surface area (Å²) in [6, 6.07) is 0. The Morgan fingerprint density at radius 2 is 2.00 bits per heavy atom. The maximum Gasteiger partial charge on any atom is 0.250 e. The molecular weight excluding hydrogens is 248 g/mol. The fraction of sp³-hybridized carbons (Fsp3) is 0.765. The lowest BCUT2D eigenvalue weighted by atomic mass is 9.90. The van der Waals surface area contributed by atoms with Crippen LogP contribution in [0, 0.1) is 11.8 Å². The van der Waals surface area contributed by atoms with Gasteiger partial charge in [0.25, 0.3) is 0 Å². The van der Waals surface area contributed by atoms with Gasteiger partial charge in [0.15, 0.2) is 0 Å². The molecule has 0 aliphatic heterocycles. The maximum absolute atomic E-state index is 6.51. The van der Waals surface area contributed by atoms with E-state index >= 15 is 0 Å². The van der Waals surface area contributed by atoms with Crippen molar-refractivity contribution in [1.82, 2.24) is 0 Å². The van der Waals surface area contributed by atoms with Crippen molar-refractivity contribution in [1.29, 1.82) is 0 Å². The van der Waals surface area contributed by atoms with E-state index in [0.29, 0.717) is 11.8 Å². The van der Waals surface area contributed by atoms with E-state index in [9.17, 15) is 0 Å². The molecule has 1 aliphatic rings. The monoisotopic (exact) mass is 280 g/mol. The fourth-order valence-corrected chi connectivity index (χ4v) is 3.37. The van der Waals surface area contributed by atoms with Crippen LogP contribution in [-0.4, -0.2) is 8.32 Å². The van der Waals surface area contributed by atoms with E-state index in [2.05, 4.69) is 59.5 Å². The number of hydrogen-bond donors (Lipinski definition) is 0. The van der Waals surface area contributed by atoms with Gasteiger partial charge < -0.3 is 4.43 Å². The molecular formula is C17H32OSi. The second-order valence-electron chi connectivity index (χ2n) is 7.50. The molecule has 2 heteroatoms. The molecule has 2 unspecified atom stereocenters. The highest BCUT2D eigenvalue weighted by molar-refractivity contribution is 6.74. The highest BCUT2D eigenvalue weighted by atomic mass is 28.4. The van der Waals surface area contributed by atoms with Crippen LogP contribution < -0.4 is 0 Å². The van der Waals surface area contributed by atoms with Crippen LogP contribution in [0.1, 0.15) is 53.4 Å². The second-order valence-corrected chi connectivity index (χ2v) is 12.2. The molecule has 1 aliphatic carbocycles. The first-order chi connectivity index (χ1) is 8.67. The van der Waals surface area contributed by atoms with E-state index in [1.54, 1.807) is 0 Å². The topological polar surface area (TPSA) is 9.23 Å². The largest absolute Gasteiger partial charge is 0.547 e. The van der Waals surface area contributed by atoms with Crippen molar-refractivity contribution in [2.75, 3.05) is 0 Å². The zero-order valence-electron chi connectivity index (χ0n) is 13.8. The standard InChI is InChI=1S/C17H32OSi/c1-8-14(2)15-11-9-10-12-16(13-15)18-19(6,7)17(3,4)5/h8,13-15H,1,9-12H2,2-7H3. The maximum atomic E-state index is 6.51. The van der Waals surface area contributed by atoms with Crippen molar-refractivity contribution in [2.24, 2.45) is 11.8 Å². The summed E-state index contributed by atoms with van der Waals surface area (Å²) in [5, 5.41) is 0.277. The summed E-state index contributed by atoms with van der Waals surface area (Å²) < 4.78 is 6.51. The summed E-state index contributed by atoms with van der Waals surface area (Å²) in [6.07, 6.45) is 9.45. The third-order valence-electron chi connectivity index (χ3n) is 4.85. The lowest BCUT2D eigenvalue weighted by Gasteiger charge is -2.37. The van der Waals surface area contributed by atoms with Crippen molar-refractivity contribution >= 4 is 8.32 Å².